The van der Waals surface area contributed by atoms with Gasteiger partial charge in [0.15, 0.2) is 0 Å². The first-order valence-electron chi connectivity index (χ1n) is 5.83. The van der Waals surface area contributed by atoms with Crippen molar-refractivity contribution in [2.24, 2.45) is 0 Å². The van der Waals surface area contributed by atoms with Crippen molar-refractivity contribution in [3.05, 3.63) is 34.4 Å². The molecular weight excluding hydrogens is 268 g/mol. The van der Waals surface area contributed by atoms with Crippen LogP contribution in [0.2, 0.25) is 0 Å². The predicted octanol–water partition coefficient (Wildman–Crippen LogP) is 2.76. The van der Waals surface area contributed by atoms with Gasteiger partial charge in [0.25, 0.3) is 0 Å². The molecule has 0 heterocycles. The number of ether oxygens (including phenoxy) is 2. The zero-order chi connectivity index (χ0) is 14.0. The first kappa shape index (κ1) is 13.6. The molecule has 1 aromatic rings. The Morgan fingerprint density at radius 3 is 2.11 bits per heavy atom. The summed E-state index contributed by atoms with van der Waals surface area (Å²) in [5.41, 5.74) is 1.62. The molecule has 0 saturated heterocycles. The molecule has 0 fully saturated rings. The van der Waals surface area contributed by atoms with E-state index in [2.05, 4.69) is 0 Å². The Bertz CT molecular complexity index is 575. The molecule has 0 amide bonds. The lowest BCUT2D eigenvalue weighted by Crippen LogP contribution is -2.11. The smallest absolute Gasteiger partial charge is 0.308 e. The van der Waals surface area contributed by atoms with E-state index in [1.54, 1.807) is 12.1 Å². The highest BCUT2D eigenvalue weighted by Crippen LogP contribution is 2.36. The summed E-state index contributed by atoms with van der Waals surface area (Å²) in [6, 6.07) is 3.25. The van der Waals surface area contributed by atoms with Gasteiger partial charge >= 0.3 is 11.9 Å². The Hall–Kier alpha value is -1.81. The molecular formula is C14H13ClO4. The fraction of sp³-hybridized carbons (Fsp3) is 0.286. The quantitative estimate of drug-likeness (QED) is 0.617. The number of benzene rings is 1. The normalized spacial score (nSPS) is 13.3. The highest BCUT2D eigenvalue weighted by atomic mass is 35.5. The Kier molecular flexibility index (Phi) is 3.90. The third-order valence-corrected chi connectivity index (χ3v) is 3.01. The van der Waals surface area contributed by atoms with Crippen LogP contribution in [-0.4, -0.2) is 11.9 Å². The molecule has 0 N–H and O–H groups in total. The first-order valence-corrected chi connectivity index (χ1v) is 6.21. The van der Waals surface area contributed by atoms with Crippen molar-refractivity contribution in [1.29, 1.82) is 0 Å². The minimum atomic E-state index is -0.395. The van der Waals surface area contributed by atoms with Crippen molar-refractivity contribution < 1.29 is 19.1 Å². The molecule has 19 heavy (non-hydrogen) atoms. The van der Waals surface area contributed by atoms with Crippen molar-refractivity contribution in [1.82, 2.24) is 0 Å². The van der Waals surface area contributed by atoms with Gasteiger partial charge in [0, 0.05) is 36.4 Å². The Balaban J connectivity index is 2.46. The molecule has 0 radical (unpaired) electrons. The van der Waals surface area contributed by atoms with E-state index in [1.165, 1.54) is 13.8 Å². The molecule has 0 bridgehead atoms. The highest BCUT2D eigenvalue weighted by Gasteiger charge is 2.20. The van der Waals surface area contributed by atoms with E-state index in [4.69, 9.17) is 21.1 Å². The summed E-state index contributed by atoms with van der Waals surface area (Å²) in [7, 11) is 0. The molecule has 4 nitrogen and oxygen atoms in total. The second-order valence-corrected chi connectivity index (χ2v) is 4.72. The van der Waals surface area contributed by atoms with Crippen molar-refractivity contribution in [2.45, 2.75) is 26.7 Å². The van der Waals surface area contributed by atoms with Gasteiger partial charge in [0.2, 0.25) is 0 Å². The van der Waals surface area contributed by atoms with E-state index in [0.29, 0.717) is 29.4 Å². The van der Waals surface area contributed by atoms with Gasteiger partial charge in [0.1, 0.15) is 11.5 Å². The third kappa shape index (κ3) is 3.15. The number of halogens is 1. The lowest BCUT2D eigenvalue weighted by Gasteiger charge is -2.19. The van der Waals surface area contributed by atoms with E-state index < -0.39 is 5.97 Å². The van der Waals surface area contributed by atoms with Crippen LogP contribution in [0.25, 0.3) is 0 Å². The number of hydrogen-bond donors (Lipinski definition) is 0. The lowest BCUT2D eigenvalue weighted by molar-refractivity contribution is -0.133. The molecule has 5 heteroatoms. The molecule has 1 aromatic carbocycles. The molecule has 0 atom stereocenters. The maximum Gasteiger partial charge on any atom is 0.308 e. The zero-order valence-corrected chi connectivity index (χ0v) is 11.4. The average Bonchev–Trinajstić information content (AvgIpc) is 2.31. The number of carbonyl (C=O) groups excluding carboxylic acids is 2. The summed E-state index contributed by atoms with van der Waals surface area (Å²) in [6.45, 7) is 2.69. The number of carbonyl (C=O) groups is 2. The first-order chi connectivity index (χ1) is 8.97. The van der Waals surface area contributed by atoms with Crippen LogP contribution in [0.3, 0.4) is 0 Å². The van der Waals surface area contributed by atoms with Gasteiger partial charge in [-0.3, -0.25) is 9.59 Å². The maximum atomic E-state index is 11.1. The second kappa shape index (κ2) is 5.45. The topological polar surface area (TPSA) is 52.6 Å². The molecule has 0 aliphatic heterocycles. The van der Waals surface area contributed by atoms with E-state index in [-0.39, 0.29) is 5.97 Å². The van der Waals surface area contributed by atoms with Gasteiger partial charge in [-0.05, 0) is 18.6 Å². The van der Waals surface area contributed by atoms with Crippen LogP contribution in [0.1, 0.15) is 25.0 Å². The van der Waals surface area contributed by atoms with E-state index in [1.807, 2.05) is 6.08 Å². The van der Waals surface area contributed by atoms with Crippen molar-refractivity contribution in [3.8, 4) is 11.5 Å². The SMILES string of the molecule is CC(=O)Oc1ccc(OC(C)=O)c2c1CC=C(Cl)C2. The maximum absolute atomic E-state index is 11.1. The third-order valence-electron chi connectivity index (χ3n) is 2.73. The van der Waals surface area contributed by atoms with Crippen molar-refractivity contribution in [3.63, 3.8) is 0 Å². The number of esters is 2. The van der Waals surface area contributed by atoms with Crippen LogP contribution in [-0.2, 0) is 22.4 Å². The van der Waals surface area contributed by atoms with Gasteiger partial charge in [-0.25, -0.2) is 0 Å². The molecule has 1 aliphatic rings. The van der Waals surface area contributed by atoms with Crippen LogP contribution in [0, 0.1) is 0 Å². The molecule has 0 aromatic heterocycles. The monoisotopic (exact) mass is 280 g/mol. The van der Waals surface area contributed by atoms with Crippen LogP contribution in [0.4, 0.5) is 0 Å². The lowest BCUT2D eigenvalue weighted by atomic mass is 9.94. The van der Waals surface area contributed by atoms with Crippen LogP contribution >= 0.6 is 11.6 Å². The minimum Gasteiger partial charge on any atom is -0.426 e. The standard InChI is InChI=1S/C14H13ClO4/c1-8(16)18-13-5-6-14(19-9(2)17)12-7-10(15)3-4-11(12)13/h3,5-6H,4,7H2,1-2H3. The van der Waals surface area contributed by atoms with E-state index >= 15 is 0 Å². The summed E-state index contributed by atoms with van der Waals surface area (Å²) in [5, 5.41) is 0.681. The molecule has 0 spiro atoms. The summed E-state index contributed by atoms with van der Waals surface area (Å²) in [6.07, 6.45) is 2.87. The van der Waals surface area contributed by atoms with Gasteiger partial charge in [-0.1, -0.05) is 17.7 Å². The van der Waals surface area contributed by atoms with E-state index in [0.717, 1.165) is 11.1 Å². The molecule has 100 valence electrons. The largest absolute Gasteiger partial charge is 0.426 e. The number of fused-ring (bicyclic) bond motifs is 1. The van der Waals surface area contributed by atoms with Crippen molar-refractivity contribution in [2.75, 3.05) is 0 Å². The number of rotatable bonds is 2. The van der Waals surface area contributed by atoms with Gasteiger partial charge in [0.05, 0.1) is 0 Å². The molecule has 0 saturated carbocycles. The fourth-order valence-electron chi connectivity index (χ4n) is 2.02. The fourth-order valence-corrected chi connectivity index (χ4v) is 2.23. The van der Waals surface area contributed by atoms with Gasteiger partial charge in [-0.15, -0.1) is 0 Å². The average molecular weight is 281 g/mol. The molecule has 2 rings (SSSR count). The summed E-state index contributed by atoms with van der Waals surface area (Å²) < 4.78 is 10.3. The Labute approximate surface area is 116 Å². The Morgan fingerprint density at radius 2 is 1.58 bits per heavy atom. The number of hydrogen-bond acceptors (Lipinski definition) is 4. The molecule has 0 unspecified atom stereocenters. The Morgan fingerprint density at radius 1 is 1.05 bits per heavy atom. The predicted molar refractivity (Wildman–Crippen MR) is 70.4 cm³/mol. The van der Waals surface area contributed by atoms with E-state index in [9.17, 15) is 9.59 Å². The zero-order valence-electron chi connectivity index (χ0n) is 10.7. The summed E-state index contributed by atoms with van der Waals surface area (Å²) in [5.74, 6) is 0.166. The van der Waals surface area contributed by atoms with Gasteiger partial charge < -0.3 is 9.47 Å². The minimum absolute atomic E-state index is 0.386. The van der Waals surface area contributed by atoms with Crippen LogP contribution < -0.4 is 9.47 Å². The van der Waals surface area contributed by atoms with Crippen LogP contribution in [0.5, 0.6) is 11.5 Å². The van der Waals surface area contributed by atoms with Crippen molar-refractivity contribution >= 4 is 23.5 Å². The number of allylic oxidation sites excluding steroid dienone is 2. The van der Waals surface area contributed by atoms with Gasteiger partial charge in [-0.2, -0.15) is 0 Å². The van der Waals surface area contributed by atoms with Crippen LogP contribution in [0.15, 0.2) is 23.2 Å². The molecule has 1 aliphatic carbocycles. The second-order valence-electron chi connectivity index (χ2n) is 4.24. The highest BCUT2D eigenvalue weighted by molar-refractivity contribution is 6.29. The summed E-state index contributed by atoms with van der Waals surface area (Å²) >= 11 is 6.02. The summed E-state index contributed by atoms with van der Waals surface area (Å²) in [4.78, 5) is 22.2.